The molecule has 0 radical (unpaired) electrons. The number of aryl methyl sites for hydroxylation is 1. The van der Waals surface area contributed by atoms with Crippen LogP contribution in [-0.2, 0) is 13.5 Å². The quantitative estimate of drug-likeness (QED) is 0.776. The van der Waals surface area contributed by atoms with Gasteiger partial charge in [0.05, 0.1) is 5.69 Å². The Balaban J connectivity index is 2.49. The van der Waals surface area contributed by atoms with E-state index in [-0.39, 0.29) is 0 Å². The van der Waals surface area contributed by atoms with E-state index in [1.165, 1.54) is 12.1 Å². The molecule has 0 amide bonds. The summed E-state index contributed by atoms with van der Waals surface area (Å²) in [5.41, 5.74) is 1.20. The first kappa shape index (κ1) is 12.2. The second-order valence-electron chi connectivity index (χ2n) is 4.23. The summed E-state index contributed by atoms with van der Waals surface area (Å²) in [6, 6.07) is 2.71. The zero-order valence-electron chi connectivity index (χ0n) is 10.3. The Morgan fingerprint density at radius 3 is 2.67 bits per heavy atom. The van der Waals surface area contributed by atoms with Crippen LogP contribution in [0.2, 0.25) is 0 Å². The first-order valence-electron chi connectivity index (χ1n) is 5.89. The lowest BCUT2D eigenvalue weighted by Gasteiger charge is -2.22. The third kappa shape index (κ3) is 3.67. The summed E-state index contributed by atoms with van der Waals surface area (Å²) in [6.45, 7) is 7.75. The maximum Gasteiger partial charge on any atom is 0.0627 e. The third-order valence-corrected chi connectivity index (χ3v) is 2.89. The minimum Gasteiger partial charge on any atom is -0.314 e. The summed E-state index contributed by atoms with van der Waals surface area (Å²) in [5.74, 6) is 0.643. The number of aromatic nitrogens is 2. The Bertz CT molecular complexity index is 280. The van der Waals surface area contributed by atoms with E-state index in [0.29, 0.717) is 12.0 Å². The van der Waals surface area contributed by atoms with E-state index in [1.807, 2.05) is 17.9 Å². The van der Waals surface area contributed by atoms with Gasteiger partial charge in [-0.3, -0.25) is 4.68 Å². The molecule has 0 saturated carbocycles. The first-order chi connectivity index (χ1) is 7.17. The van der Waals surface area contributed by atoms with Crippen molar-refractivity contribution in [1.82, 2.24) is 15.1 Å². The number of nitrogens with zero attached hydrogens (tertiary/aromatic N) is 2. The molecule has 2 unspecified atom stereocenters. The van der Waals surface area contributed by atoms with Crippen molar-refractivity contribution in [2.75, 3.05) is 6.54 Å². The lowest BCUT2D eigenvalue weighted by atomic mass is 9.95. The highest BCUT2D eigenvalue weighted by Gasteiger charge is 2.15. The molecule has 15 heavy (non-hydrogen) atoms. The van der Waals surface area contributed by atoms with Gasteiger partial charge in [0.15, 0.2) is 0 Å². The summed E-state index contributed by atoms with van der Waals surface area (Å²) in [6.07, 6.45) is 4.25. The molecule has 1 aromatic rings. The minimum atomic E-state index is 0.608. The highest BCUT2D eigenvalue weighted by molar-refractivity contribution is 5.00. The fourth-order valence-corrected chi connectivity index (χ4v) is 2.05. The maximum absolute atomic E-state index is 4.42. The standard InChI is InChI=1S/C12H23N3/c1-5-12(13-6-2)10(3)9-11-7-8-15(4)14-11/h7-8,10,12-13H,5-6,9H2,1-4H3. The molecule has 1 heterocycles. The van der Waals surface area contributed by atoms with E-state index in [9.17, 15) is 0 Å². The van der Waals surface area contributed by atoms with E-state index in [1.54, 1.807) is 0 Å². The molecule has 2 atom stereocenters. The highest BCUT2D eigenvalue weighted by Crippen LogP contribution is 2.12. The van der Waals surface area contributed by atoms with E-state index in [0.717, 1.165) is 13.0 Å². The summed E-state index contributed by atoms with van der Waals surface area (Å²) >= 11 is 0. The van der Waals surface area contributed by atoms with Crippen LogP contribution in [0.25, 0.3) is 0 Å². The van der Waals surface area contributed by atoms with Crippen molar-refractivity contribution in [3.05, 3.63) is 18.0 Å². The van der Waals surface area contributed by atoms with Crippen LogP contribution in [0.1, 0.15) is 32.9 Å². The van der Waals surface area contributed by atoms with Crippen LogP contribution in [0.3, 0.4) is 0 Å². The van der Waals surface area contributed by atoms with Crippen molar-refractivity contribution in [3.8, 4) is 0 Å². The summed E-state index contributed by atoms with van der Waals surface area (Å²) in [5, 5.41) is 7.94. The van der Waals surface area contributed by atoms with E-state index < -0.39 is 0 Å². The highest BCUT2D eigenvalue weighted by atomic mass is 15.2. The SMILES string of the molecule is CCNC(CC)C(C)Cc1ccn(C)n1. The van der Waals surface area contributed by atoms with Crippen LogP contribution in [-0.4, -0.2) is 22.4 Å². The molecule has 0 bridgehead atoms. The van der Waals surface area contributed by atoms with E-state index in [2.05, 4.69) is 37.3 Å². The summed E-state index contributed by atoms with van der Waals surface area (Å²) < 4.78 is 1.87. The first-order valence-corrected chi connectivity index (χ1v) is 5.89. The van der Waals surface area contributed by atoms with Gasteiger partial charge >= 0.3 is 0 Å². The molecule has 1 N–H and O–H groups in total. The fraction of sp³-hybridized carbons (Fsp3) is 0.750. The van der Waals surface area contributed by atoms with Crippen LogP contribution in [0.4, 0.5) is 0 Å². The topological polar surface area (TPSA) is 29.9 Å². The van der Waals surface area contributed by atoms with Crippen LogP contribution < -0.4 is 5.32 Å². The predicted octanol–water partition coefficient (Wildman–Crippen LogP) is 1.99. The zero-order valence-corrected chi connectivity index (χ0v) is 10.3. The second-order valence-corrected chi connectivity index (χ2v) is 4.23. The van der Waals surface area contributed by atoms with Crippen molar-refractivity contribution in [3.63, 3.8) is 0 Å². The Hall–Kier alpha value is -0.830. The van der Waals surface area contributed by atoms with Crippen LogP contribution in [0.5, 0.6) is 0 Å². The number of hydrogen-bond acceptors (Lipinski definition) is 2. The van der Waals surface area contributed by atoms with Crippen molar-refractivity contribution in [2.24, 2.45) is 13.0 Å². The van der Waals surface area contributed by atoms with Gasteiger partial charge in [-0.15, -0.1) is 0 Å². The van der Waals surface area contributed by atoms with Gasteiger partial charge in [-0.25, -0.2) is 0 Å². The smallest absolute Gasteiger partial charge is 0.0627 e. The molecule has 86 valence electrons. The average Bonchev–Trinajstić information content (AvgIpc) is 2.60. The lowest BCUT2D eigenvalue weighted by molar-refractivity contribution is 0.368. The van der Waals surface area contributed by atoms with Crippen LogP contribution in [0, 0.1) is 5.92 Å². The van der Waals surface area contributed by atoms with Gasteiger partial charge < -0.3 is 5.32 Å². The van der Waals surface area contributed by atoms with Crippen LogP contribution in [0.15, 0.2) is 12.3 Å². The normalized spacial score (nSPS) is 15.2. The van der Waals surface area contributed by atoms with Gasteiger partial charge in [0.1, 0.15) is 0 Å². The number of nitrogens with one attached hydrogen (secondary N) is 1. The fourth-order valence-electron chi connectivity index (χ4n) is 2.05. The van der Waals surface area contributed by atoms with Gasteiger partial charge in [-0.1, -0.05) is 20.8 Å². The van der Waals surface area contributed by atoms with Gasteiger partial charge in [-0.2, -0.15) is 5.10 Å². The maximum atomic E-state index is 4.42. The van der Waals surface area contributed by atoms with E-state index >= 15 is 0 Å². The molecule has 1 rings (SSSR count). The van der Waals surface area contributed by atoms with Crippen LogP contribution >= 0.6 is 0 Å². The molecular formula is C12H23N3. The molecule has 0 aliphatic carbocycles. The minimum absolute atomic E-state index is 0.608. The van der Waals surface area contributed by atoms with Gasteiger partial charge in [-0.05, 0) is 31.4 Å². The number of rotatable bonds is 6. The predicted molar refractivity (Wildman–Crippen MR) is 63.8 cm³/mol. The molecule has 0 aliphatic rings. The monoisotopic (exact) mass is 209 g/mol. The van der Waals surface area contributed by atoms with Crippen molar-refractivity contribution in [1.29, 1.82) is 0 Å². The van der Waals surface area contributed by atoms with Gasteiger partial charge in [0, 0.05) is 19.3 Å². The molecule has 1 aromatic heterocycles. The summed E-state index contributed by atoms with van der Waals surface area (Å²) in [4.78, 5) is 0. The second kappa shape index (κ2) is 5.91. The Labute approximate surface area is 92.9 Å². The molecule has 0 saturated heterocycles. The molecule has 3 nitrogen and oxygen atoms in total. The van der Waals surface area contributed by atoms with E-state index in [4.69, 9.17) is 0 Å². The molecule has 3 heteroatoms. The Kier molecular flexibility index (Phi) is 4.82. The summed E-state index contributed by atoms with van der Waals surface area (Å²) in [7, 11) is 1.97. The van der Waals surface area contributed by atoms with Gasteiger partial charge in [0.25, 0.3) is 0 Å². The van der Waals surface area contributed by atoms with Crippen molar-refractivity contribution in [2.45, 2.75) is 39.7 Å². The zero-order chi connectivity index (χ0) is 11.3. The molecule has 0 spiro atoms. The Morgan fingerprint density at radius 1 is 1.47 bits per heavy atom. The van der Waals surface area contributed by atoms with Crippen molar-refractivity contribution < 1.29 is 0 Å². The molecule has 0 aromatic carbocycles. The molecule has 0 fully saturated rings. The van der Waals surface area contributed by atoms with Gasteiger partial charge in [0.2, 0.25) is 0 Å². The number of hydrogen-bond donors (Lipinski definition) is 1. The third-order valence-electron chi connectivity index (χ3n) is 2.89. The van der Waals surface area contributed by atoms with Crippen molar-refractivity contribution >= 4 is 0 Å². The Morgan fingerprint density at radius 2 is 2.20 bits per heavy atom. The molecular weight excluding hydrogens is 186 g/mol. The molecule has 0 aliphatic heterocycles. The average molecular weight is 209 g/mol. The lowest BCUT2D eigenvalue weighted by Crippen LogP contribution is -2.35. The largest absolute Gasteiger partial charge is 0.314 e.